The van der Waals surface area contributed by atoms with Crippen LogP contribution in [-0.4, -0.2) is 0 Å². The minimum Gasteiger partial charge on any atom is -0.0843 e. The van der Waals surface area contributed by atoms with Crippen molar-refractivity contribution in [2.24, 2.45) is 11.3 Å². The van der Waals surface area contributed by atoms with E-state index in [2.05, 4.69) is 35.8 Å². The number of hydrogen-bond donors (Lipinski definition) is 0. The Labute approximate surface area is 128 Å². The van der Waals surface area contributed by atoms with E-state index in [9.17, 15) is 0 Å². The van der Waals surface area contributed by atoms with Crippen molar-refractivity contribution >= 4 is 39.1 Å². The van der Waals surface area contributed by atoms with Gasteiger partial charge in [0.25, 0.3) is 0 Å². The molecule has 1 aromatic carbocycles. The fourth-order valence-corrected chi connectivity index (χ4v) is 5.04. The van der Waals surface area contributed by atoms with Crippen molar-refractivity contribution in [2.75, 3.05) is 0 Å². The van der Waals surface area contributed by atoms with E-state index in [4.69, 9.17) is 23.2 Å². The predicted octanol–water partition coefficient (Wildman–Crippen LogP) is 6.65. The molecule has 0 N–H and O–H groups in total. The molecule has 0 aromatic heterocycles. The molecule has 0 aliphatic heterocycles. The minimum atomic E-state index is 0.317. The molecule has 0 amide bonds. The maximum absolute atomic E-state index is 6.32. The van der Waals surface area contributed by atoms with Crippen LogP contribution in [0.5, 0.6) is 0 Å². The van der Waals surface area contributed by atoms with Crippen LogP contribution >= 0.6 is 39.1 Å². The summed E-state index contributed by atoms with van der Waals surface area (Å²) in [6, 6.07) is 5.81. The average molecular weight is 350 g/mol. The molecule has 1 saturated carbocycles. The lowest BCUT2D eigenvalue weighted by atomic mass is 9.67. The predicted molar refractivity (Wildman–Crippen MR) is 83.9 cm³/mol. The van der Waals surface area contributed by atoms with Gasteiger partial charge in [-0.25, -0.2) is 0 Å². The Morgan fingerprint density at radius 2 is 2.00 bits per heavy atom. The van der Waals surface area contributed by atoms with Gasteiger partial charge in [0.15, 0.2) is 0 Å². The van der Waals surface area contributed by atoms with Gasteiger partial charge in [-0.2, -0.15) is 0 Å². The molecule has 100 valence electrons. The van der Waals surface area contributed by atoms with Crippen LogP contribution in [0.1, 0.15) is 49.9 Å². The Kier molecular flexibility index (Phi) is 4.67. The highest BCUT2D eigenvalue weighted by atomic mass is 79.9. The molecule has 0 spiro atoms. The van der Waals surface area contributed by atoms with E-state index in [0.29, 0.717) is 21.2 Å². The molecular weight excluding hydrogens is 331 g/mol. The van der Waals surface area contributed by atoms with Crippen LogP contribution in [0.15, 0.2) is 18.2 Å². The highest BCUT2D eigenvalue weighted by molar-refractivity contribution is 9.09. The van der Waals surface area contributed by atoms with Gasteiger partial charge in [-0.3, -0.25) is 0 Å². The van der Waals surface area contributed by atoms with Gasteiger partial charge in [-0.1, -0.05) is 71.9 Å². The summed E-state index contributed by atoms with van der Waals surface area (Å²) in [7, 11) is 0. The van der Waals surface area contributed by atoms with E-state index in [1.807, 2.05) is 12.1 Å². The molecule has 3 heteroatoms. The largest absolute Gasteiger partial charge is 0.0843 e. The smallest absolute Gasteiger partial charge is 0.0464 e. The normalized spacial score (nSPS) is 24.8. The van der Waals surface area contributed by atoms with Gasteiger partial charge in [0.2, 0.25) is 0 Å². The molecule has 2 rings (SSSR count). The van der Waals surface area contributed by atoms with Crippen LogP contribution in [0.4, 0.5) is 0 Å². The summed E-state index contributed by atoms with van der Waals surface area (Å²) in [6.07, 6.45) is 5.23. The van der Waals surface area contributed by atoms with E-state index < -0.39 is 0 Å². The molecule has 0 nitrogen and oxygen atoms in total. The van der Waals surface area contributed by atoms with Gasteiger partial charge in [-0.05, 0) is 41.9 Å². The number of rotatable bonds is 2. The summed E-state index contributed by atoms with van der Waals surface area (Å²) in [5.41, 5.74) is 1.54. The second kappa shape index (κ2) is 5.73. The van der Waals surface area contributed by atoms with E-state index in [0.717, 1.165) is 5.02 Å². The van der Waals surface area contributed by atoms with Crippen LogP contribution in [-0.2, 0) is 0 Å². The monoisotopic (exact) mass is 348 g/mol. The van der Waals surface area contributed by atoms with Crippen LogP contribution in [0, 0.1) is 11.3 Å². The maximum atomic E-state index is 6.32. The molecule has 18 heavy (non-hydrogen) atoms. The third kappa shape index (κ3) is 3.05. The fourth-order valence-electron chi connectivity index (χ4n) is 3.01. The van der Waals surface area contributed by atoms with E-state index >= 15 is 0 Å². The average Bonchev–Trinajstić information content (AvgIpc) is 2.27. The van der Waals surface area contributed by atoms with Crippen molar-refractivity contribution in [3.63, 3.8) is 0 Å². The first-order chi connectivity index (χ1) is 8.42. The molecule has 1 aliphatic carbocycles. The number of hydrogen-bond acceptors (Lipinski definition) is 0. The maximum Gasteiger partial charge on any atom is 0.0464 e. The summed E-state index contributed by atoms with van der Waals surface area (Å²) < 4.78 is 0. The third-order valence-corrected chi connectivity index (χ3v) is 5.90. The quantitative estimate of drug-likeness (QED) is 0.524. The molecule has 1 fully saturated rings. The highest BCUT2D eigenvalue weighted by Gasteiger charge is 2.37. The van der Waals surface area contributed by atoms with Gasteiger partial charge < -0.3 is 0 Å². The van der Waals surface area contributed by atoms with Crippen LogP contribution < -0.4 is 0 Å². The topological polar surface area (TPSA) is 0 Å². The van der Waals surface area contributed by atoms with Crippen LogP contribution in [0.2, 0.25) is 10.0 Å². The van der Waals surface area contributed by atoms with Crippen LogP contribution in [0.3, 0.4) is 0 Å². The summed E-state index contributed by atoms with van der Waals surface area (Å²) in [4.78, 5) is 0.317. The molecule has 2 unspecified atom stereocenters. The lowest BCUT2D eigenvalue weighted by molar-refractivity contribution is 0.136. The SMILES string of the molecule is CC1(C)CCCCC1C(Br)c1ccc(Cl)cc1Cl. The van der Waals surface area contributed by atoms with E-state index in [1.54, 1.807) is 0 Å². The zero-order valence-corrected chi connectivity index (χ0v) is 13.9. The molecular formula is C15H19BrCl2. The van der Waals surface area contributed by atoms with Crippen molar-refractivity contribution < 1.29 is 0 Å². The highest BCUT2D eigenvalue weighted by Crippen LogP contribution is 2.51. The van der Waals surface area contributed by atoms with Gasteiger partial charge in [0, 0.05) is 14.9 Å². The molecule has 0 saturated heterocycles. The summed E-state index contributed by atoms with van der Waals surface area (Å²) in [5.74, 6) is 0.630. The van der Waals surface area contributed by atoms with Gasteiger partial charge in [0.1, 0.15) is 0 Å². The molecule has 0 bridgehead atoms. The van der Waals surface area contributed by atoms with Gasteiger partial charge in [-0.15, -0.1) is 0 Å². The summed E-state index contributed by atoms with van der Waals surface area (Å²) >= 11 is 16.2. The Morgan fingerprint density at radius 3 is 2.61 bits per heavy atom. The fraction of sp³-hybridized carbons (Fsp3) is 0.600. The Balaban J connectivity index is 2.27. The van der Waals surface area contributed by atoms with Crippen molar-refractivity contribution in [3.8, 4) is 0 Å². The zero-order valence-electron chi connectivity index (χ0n) is 10.8. The molecule has 1 aromatic rings. The van der Waals surface area contributed by atoms with E-state index in [1.165, 1.54) is 31.2 Å². The van der Waals surface area contributed by atoms with Crippen molar-refractivity contribution in [2.45, 2.75) is 44.4 Å². The lowest BCUT2D eigenvalue weighted by Gasteiger charge is -2.41. The van der Waals surface area contributed by atoms with Crippen molar-refractivity contribution in [3.05, 3.63) is 33.8 Å². The Bertz CT molecular complexity index is 429. The van der Waals surface area contributed by atoms with Crippen molar-refractivity contribution in [1.82, 2.24) is 0 Å². The lowest BCUT2D eigenvalue weighted by Crippen LogP contribution is -2.30. The third-order valence-electron chi connectivity index (χ3n) is 4.20. The van der Waals surface area contributed by atoms with E-state index in [-0.39, 0.29) is 0 Å². The zero-order chi connectivity index (χ0) is 13.3. The minimum absolute atomic E-state index is 0.317. The standard InChI is InChI=1S/C15H19BrCl2/c1-15(2)8-4-3-5-12(15)14(16)11-7-6-10(17)9-13(11)18/h6-7,9,12,14H,3-5,8H2,1-2H3. The first-order valence-corrected chi connectivity index (χ1v) is 8.18. The Hall–Kier alpha value is 0.280. The molecule has 1 aliphatic rings. The first-order valence-electron chi connectivity index (χ1n) is 6.51. The molecule has 0 heterocycles. The number of alkyl halides is 1. The van der Waals surface area contributed by atoms with Gasteiger partial charge in [0.05, 0.1) is 0 Å². The first kappa shape index (κ1) is 14.7. The second-order valence-electron chi connectivity index (χ2n) is 5.91. The number of benzene rings is 1. The molecule has 2 atom stereocenters. The van der Waals surface area contributed by atoms with Gasteiger partial charge >= 0.3 is 0 Å². The van der Waals surface area contributed by atoms with Crippen molar-refractivity contribution in [1.29, 1.82) is 0 Å². The molecule has 0 radical (unpaired) electrons. The second-order valence-corrected chi connectivity index (χ2v) is 7.74. The van der Waals surface area contributed by atoms with Crippen LogP contribution in [0.25, 0.3) is 0 Å². The summed E-state index contributed by atoms with van der Waals surface area (Å²) in [5, 5.41) is 1.47. The summed E-state index contributed by atoms with van der Waals surface area (Å²) in [6.45, 7) is 4.74. The Morgan fingerprint density at radius 1 is 1.28 bits per heavy atom. The number of halogens is 3.